The van der Waals surface area contributed by atoms with Crippen molar-refractivity contribution >= 4 is 0 Å². The standard InChI is InChI=1S/C11H22O4.CH4/c1-7-8(2)10(13-4)11(14-5)15-9(7)6-12-3;/h7-11H,6H2,1-5H3;1H4. The molecule has 0 aliphatic carbocycles. The second-order valence-electron chi connectivity index (χ2n) is 4.15. The van der Waals surface area contributed by atoms with Gasteiger partial charge in [0.05, 0.1) is 12.7 Å². The average Bonchev–Trinajstić information content (AvgIpc) is 2.24. The lowest BCUT2D eigenvalue weighted by atomic mass is 9.83. The summed E-state index contributed by atoms with van der Waals surface area (Å²) in [5, 5.41) is 0. The molecule has 0 aromatic heterocycles. The third-order valence-electron chi connectivity index (χ3n) is 3.35. The molecule has 0 saturated carbocycles. The van der Waals surface area contributed by atoms with Crippen LogP contribution in [0.15, 0.2) is 0 Å². The van der Waals surface area contributed by atoms with Gasteiger partial charge in [0.15, 0.2) is 6.29 Å². The summed E-state index contributed by atoms with van der Waals surface area (Å²) in [4.78, 5) is 0. The minimum atomic E-state index is -0.290. The summed E-state index contributed by atoms with van der Waals surface area (Å²) in [6.45, 7) is 4.92. The van der Waals surface area contributed by atoms with Gasteiger partial charge in [-0.15, -0.1) is 0 Å². The molecule has 0 aromatic rings. The fourth-order valence-corrected chi connectivity index (χ4v) is 2.13. The Balaban J connectivity index is 0.00000225. The molecule has 1 aliphatic rings. The monoisotopic (exact) mass is 234 g/mol. The van der Waals surface area contributed by atoms with Crippen LogP contribution in [0.25, 0.3) is 0 Å². The molecule has 0 aromatic carbocycles. The van der Waals surface area contributed by atoms with Gasteiger partial charge in [-0.25, -0.2) is 0 Å². The maximum Gasteiger partial charge on any atom is 0.184 e. The van der Waals surface area contributed by atoms with E-state index in [-0.39, 0.29) is 25.9 Å². The number of methoxy groups -OCH3 is 3. The van der Waals surface area contributed by atoms with Crippen LogP contribution >= 0.6 is 0 Å². The molecule has 1 rings (SSSR count). The highest BCUT2D eigenvalue weighted by Gasteiger charge is 2.41. The molecule has 98 valence electrons. The van der Waals surface area contributed by atoms with Crippen molar-refractivity contribution in [2.75, 3.05) is 27.9 Å². The van der Waals surface area contributed by atoms with Gasteiger partial charge in [-0.2, -0.15) is 0 Å². The van der Waals surface area contributed by atoms with Gasteiger partial charge in [0.2, 0.25) is 0 Å². The van der Waals surface area contributed by atoms with Crippen LogP contribution in [0.5, 0.6) is 0 Å². The van der Waals surface area contributed by atoms with E-state index in [1.807, 2.05) is 0 Å². The first kappa shape index (κ1) is 15.8. The molecule has 1 saturated heterocycles. The Morgan fingerprint density at radius 1 is 1.00 bits per heavy atom. The van der Waals surface area contributed by atoms with Gasteiger partial charge in [0.1, 0.15) is 6.10 Å². The van der Waals surface area contributed by atoms with Crippen LogP contribution in [-0.2, 0) is 18.9 Å². The summed E-state index contributed by atoms with van der Waals surface area (Å²) >= 11 is 0. The zero-order valence-corrected chi connectivity index (χ0v) is 10.2. The lowest BCUT2D eigenvalue weighted by Gasteiger charge is -2.43. The third kappa shape index (κ3) is 3.17. The predicted octanol–water partition coefficient (Wildman–Crippen LogP) is 1.93. The van der Waals surface area contributed by atoms with Gasteiger partial charge in [0.25, 0.3) is 0 Å². The molecule has 0 amide bonds. The summed E-state index contributed by atoms with van der Waals surface area (Å²) in [6.07, 6.45) is -0.208. The van der Waals surface area contributed by atoms with E-state index in [0.717, 1.165) is 0 Å². The van der Waals surface area contributed by atoms with Crippen LogP contribution in [0, 0.1) is 11.8 Å². The van der Waals surface area contributed by atoms with Crippen molar-refractivity contribution in [3.8, 4) is 0 Å². The van der Waals surface area contributed by atoms with Crippen molar-refractivity contribution in [1.82, 2.24) is 0 Å². The zero-order valence-electron chi connectivity index (χ0n) is 10.2. The zero-order chi connectivity index (χ0) is 11.4. The summed E-state index contributed by atoms with van der Waals surface area (Å²) in [5.74, 6) is 0.801. The molecule has 0 spiro atoms. The van der Waals surface area contributed by atoms with E-state index in [4.69, 9.17) is 18.9 Å². The van der Waals surface area contributed by atoms with Crippen molar-refractivity contribution in [3.63, 3.8) is 0 Å². The van der Waals surface area contributed by atoms with E-state index in [2.05, 4.69) is 13.8 Å². The molecular weight excluding hydrogens is 208 g/mol. The molecule has 0 radical (unpaired) electrons. The summed E-state index contributed by atoms with van der Waals surface area (Å²) < 4.78 is 21.6. The van der Waals surface area contributed by atoms with E-state index in [1.165, 1.54) is 0 Å². The summed E-state index contributed by atoms with van der Waals surface area (Å²) in [5.41, 5.74) is 0. The highest BCUT2D eigenvalue weighted by atomic mass is 16.7. The number of hydrogen-bond acceptors (Lipinski definition) is 4. The Hall–Kier alpha value is -0.160. The largest absolute Gasteiger partial charge is 0.382 e. The highest BCUT2D eigenvalue weighted by molar-refractivity contribution is 4.85. The minimum Gasteiger partial charge on any atom is -0.382 e. The Labute approximate surface area is 99.2 Å². The Kier molecular flexibility index (Phi) is 7.15. The highest BCUT2D eigenvalue weighted by Crippen LogP contribution is 2.32. The molecule has 5 atom stereocenters. The van der Waals surface area contributed by atoms with Crippen molar-refractivity contribution < 1.29 is 18.9 Å². The second-order valence-corrected chi connectivity index (χ2v) is 4.15. The van der Waals surface area contributed by atoms with E-state index in [9.17, 15) is 0 Å². The molecule has 5 unspecified atom stereocenters. The molecule has 0 N–H and O–H groups in total. The van der Waals surface area contributed by atoms with Crippen molar-refractivity contribution in [1.29, 1.82) is 0 Å². The summed E-state index contributed by atoms with van der Waals surface area (Å²) in [6, 6.07) is 0. The number of ether oxygens (including phenoxy) is 4. The van der Waals surface area contributed by atoms with E-state index >= 15 is 0 Å². The first-order chi connectivity index (χ1) is 7.15. The maximum atomic E-state index is 5.79. The average molecular weight is 234 g/mol. The molecule has 1 heterocycles. The van der Waals surface area contributed by atoms with Crippen LogP contribution in [-0.4, -0.2) is 46.4 Å². The fourth-order valence-electron chi connectivity index (χ4n) is 2.13. The third-order valence-corrected chi connectivity index (χ3v) is 3.35. The lowest BCUT2D eigenvalue weighted by Crippen LogP contribution is -2.52. The Bertz CT molecular complexity index is 182. The van der Waals surface area contributed by atoms with Gasteiger partial charge in [-0.1, -0.05) is 21.3 Å². The molecule has 0 bridgehead atoms. The van der Waals surface area contributed by atoms with E-state index in [0.29, 0.717) is 18.4 Å². The molecule has 1 aliphatic heterocycles. The molecular formula is C12H26O4. The van der Waals surface area contributed by atoms with Crippen molar-refractivity contribution in [2.24, 2.45) is 11.8 Å². The van der Waals surface area contributed by atoms with Crippen LogP contribution in [0.2, 0.25) is 0 Å². The quantitative estimate of drug-likeness (QED) is 0.745. The lowest BCUT2D eigenvalue weighted by molar-refractivity contribution is -0.272. The van der Waals surface area contributed by atoms with Gasteiger partial charge in [-0.3, -0.25) is 0 Å². The second kappa shape index (κ2) is 7.22. The first-order valence-electron chi connectivity index (χ1n) is 5.35. The maximum absolute atomic E-state index is 5.79. The molecule has 16 heavy (non-hydrogen) atoms. The fraction of sp³-hybridized carbons (Fsp3) is 1.00. The van der Waals surface area contributed by atoms with Crippen LogP contribution in [0.4, 0.5) is 0 Å². The Morgan fingerprint density at radius 2 is 1.62 bits per heavy atom. The number of hydrogen-bond donors (Lipinski definition) is 0. The number of rotatable bonds is 4. The van der Waals surface area contributed by atoms with E-state index < -0.39 is 0 Å². The van der Waals surface area contributed by atoms with Gasteiger partial charge < -0.3 is 18.9 Å². The van der Waals surface area contributed by atoms with E-state index in [1.54, 1.807) is 21.3 Å². The van der Waals surface area contributed by atoms with Crippen molar-refractivity contribution in [3.05, 3.63) is 0 Å². The normalized spacial score (nSPS) is 39.2. The Morgan fingerprint density at radius 3 is 2.06 bits per heavy atom. The predicted molar refractivity (Wildman–Crippen MR) is 63.4 cm³/mol. The van der Waals surface area contributed by atoms with Crippen molar-refractivity contribution in [2.45, 2.75) is 39.8 Å². The summed E-state index contributed by atoms with van der Waals surface area (Å²) in [7, 11) is 5.02. The smallest absolute Gasteiger partial charge is 0.184 e. The molecule has 4 heteroatoms. The van der Waals surface area contributed by atoms with Crippen LogP contribution in [0.1, 0.15) is 21.3 Å². The van der Waals surface area contributed by atoms with Crippen LogP contribution < -0.4 is 0 Å². The molecule has 4 nitrogen and oxygen atoms in total. The topological polar surface area (TPSA) is 36.9 Å². The molecule has 1 fully saturated rings. The van der Waals surface area contributed by atoms with Gasteiger partial charge >= 0.3 is 0 Å². The SMILES string of the molecule is C.COCC1OC(OC)C(OC)C(C)C1C. The van der Waals surface area contributed by atoms with Gasteiger partial charge in [-0.05, 0) is 11.8 Å². The van der Waals surface area contributed by atoms with Gasteiger partial charge in [0, 0.05) is 21.3 Å². The minimum absolute atomic E-state index is 0. The van der Waals surface area contributed by atoms with Crippen LogP contribution in [0.3, 0.4) is 0 Å². The first-order valence-corrected chi connectivity index (χ1v) is 5.35.